The molecule has 0 unspecified atom stereocenters. The molecule has 1 aliphatic rings. The number of nitrogens with one attached hydrogen (secondary N) is 2. The normalized spacial score (nSPS) is 15.6. The van der Waals surface area contributed by atoms with Gasteiger partial charge < -0.3 is 15.5 Å². The van der Waals surface area contributed by atoms with E-state index in [0.717, 1.165) is 38.4 Å². The third-order valence-electron chi connectivity index (χ3n) is 4.45. The Bertz CT molecular complexity index is 723. The first-order chi connectivity index (χ1) is 12.6. The summed E-state index contributed by atoms with van der Waals surface area (Å²) in [5.74, 6) is -0.131. The summed E-state index contributed by atoms with van der Waals surface area (Å²) < 4.78 is 0. The highest BCUT2D eigenvalue weighted by atomic mass is 32.1. The van der Waals surface area contributed by atoms with Gasteiger partial charge in [0.25, 0.3) is 5.91 Å². The fourth-order valence-corrected chi connectivity index (χ4v) is 3.52. The summed E-state index contributed by atoms with van der Waals surface area (Å²) >= 11 is 1.40. The van der Waals surface area contributed by atoms with Crippen LogP contribution >= 0.6 is 11.3 Å². The van der Waals surface area contributed by atoms with Crippen molar-refractivity contribution in [3.63, 3.8) is 0 Å². The largest absolute Gasteiger partial charge is 0.325 e. The molecule has 6 nitrogen and oxygen atoms in total. The Morgan fingerprint density at radius 1 is 0.962 bits per heavy atom. The number of rotatable bonds is 6. The van der Waals surface area contributed by atoms with Crippen LogP contribution in [0.1, 0.15) is 16.6 Å². The van der Waals surface area contributed by atoms with Gasteiger partial charge in [-0.25, -0.2) is 0 Å². The van der Waals surface area contributed by atoms with Gasteiger partial charge in [0.15, 0.2) is 0 Å². The van der Waals surface area contributed by atoms with Crippen LogP contribution in [0.3, 0.4) is 0 Å². The fourth-order valence-electron chi connectivity index (χ4n) is 2.90. The second-order valence-electron chi connectivity index (χ2n) is 6.27. The molecule has 1 saturated heterocycles. The number of carbonyl (C=O) groups is 2. The van der Waals surface area contributed by atoms with Crippen molar-refractivity contribution in [3.05, 3.63) is 46.7 Å². The van der Waals surface area contributed by atoms with Crippen molar-refractivity contribution in [2.45, 2.75) is 6.92 Å². The number of thiophene rings is 1. The minimum atomic E-state index is -0.122. The maximum absolute atomic E-state index is 12.2. The number of amides is 2. The van der Waals surface area contributed by atoms with E-state index in [1.54, 1.807) is 30.3 Å². The van der Waals surface area contributed by atoms with Crippen molar-refractivity contribution in [1.82, 2.24) is 9.80 Å². The quantitative estimate of drug-likeness (QED) is 0.818. The molecule has 0 atom stereocenters. The van der Waals surface area contributed by atoms with Gasteiger partial charge in [0, 0.05) is 37.6 Å². The van der Waals surface area contributed by atoms with Crippen LogP contribution in [0.25, 0.3) is 0 Å². The molecule has 1 fully saturated rings. The summed E-state index contributed by atoms with van der Waals surface area (Å²) in [6, 6.07) is 10.8. The number of hydrogen-bond donors (Lipinski definition) is 2. The Labute approximate surface area is 157 Å². The fraction of sp³-hybridized carbons (Fsp3) is 0.368. The highest BCUT2D eigenvalue weighted by Crippen LogP contribution is 2.16. The molecule has 1 aliphatic heterocycles. The molecule has 2 amide bonds. The Balaban J connectivity index is 1.46. The van der Waals surface area contributed by atoms with Crippen molar-refractivity contribution in [3.8, 4) is 0 Å². The van der Waals surface area contributed by atoms with E-state index in [1.165, 1.54) is 11.3 Å². The molecule has 3 rings (SSSR count). The van der Waals surface area contributed by atoms with Crippen molar-refractivity contribution >= 4 is 34.5 Å². The van der Waals surface area contributed by atoms with Gasteiger partial charge in [0.1, 0.15) is 0 Å². The molecule has 26 heavy (non-hydrogen) atoms. The Hall–Kier alpha value is -2.22. The Morgan fingerprint density at radius 3 is 2.15 bits per heavy atom. The topological polar surface area (TPSA) is 64.7 Å². The smallest absolute Gasteiger partial charge is 0.265 e. The van der Waals surface area contributed by atoms with Crippen molar-refractivity contribution in [2.24, 2.45) is 0 Å². The van der Waals surface area contributed by atoms with E-state index in [0.29, 0.717) is 17.1 Å². The van der Waals surface area contributed by atoms with Crippen LogP contribution in [0, 0.1) is 0 Å². The van der Waals surface area contributed by atoms with Gasteiger partial charge in [-0.1, -0.05) is 13.0 Å². The molecule has 7 heteroatoms. The first-order valence-electron chi connectivity index (χ1n) is 8.83. The van der Waals surface area contributed by atoms with Crippen LogP contribution < -0.4 is 10.6 Å². The lowest BCUT2D eigenvalue weighted by molar-refractivity contribution is -0.117. The molecule has 0 aliphatic carbocycles. The third-order valence-corrected chi connectivity index (χ3v) is 5.32. The van der Waals surface area contributed by atoms with Crippen LogP contribution in [-0.2, 0) is 4.79 Å². The first kappa shape index (κ1) is 18.6. The average molecular weight is 372 g/mol. The van der Waals surface area contributed by atoms with Gasteiger partial charge in [-0.2, -0.15) is 0 Å². The summed E-state index contributed by atoms with van der Waals surface area (Å²) in [5, 5.41) is 7.63. The van der Waals surface area contributed by atoms with Crippen LogP contribution in [0.5, 0.6) is 0 Å². The minimum absolute atomic E-state index is 0.00896. The predicted molar refractivity (Wildman–Crippen MR) is 106 cm³/mol. The maximum atomic E-state index is 12.2. The lowest BCUT2D eigenvalue weighted by atomic mass is 10.2. The molecule has 138 valence electrons. The molecular formula is C19H24N4O2S. The average Bonchev–Trinajstić information content (AvgIpc) is 3.19. The summed E-state index contributed by atoms with van der Waals surface area (Å²) in [5.41, 5.74) is 1.44. The van der Waals surface area contributed by atoms with E-state index in [-0.39, 0.29) is 11.8 Å². The summed E-state index contributed by atoms with van der Waals surface area (Å²) in [4.78, 5) is 29.5. The minimum Gasteiger partial charge on any atom is -0.325 e. The maximum Gasteiger partial charge on any atom is 0.265 e. The highest BCUT2D eigenvalue weighted by molar-refractivity contribution is 7.12. The lowest BCUT2D eigenvalue weighted by Crippen LogP contribution is -2.48. The SMILES string of the molecule is CCN1CCN(CC(=O)Nc2ccc(NC(=O)c3cccs3)cc2)CC1. The number of likely N-dealkylation sites (N-methyl/N-ethyl adjacent to an activating group) is 1. The molecule has 2 aromatic rings. The second kappa shape index (κ2) is 8.93. The zero-order valence-corrected chi connectivity index (χ0v) is 15.7. The number of anilines is 2. The molecule has 1 aromatic carbocycles. The van der Waals surface area contributed by atoms with E-state index in [9.17, 15) is 9.59 Å². The first-order valence-corrected chi connectivity index (χ1v) is 9.71. The Kier molecular flexibility index (Phi) is 6.38. The van der Waals surface area contributed by atoms with E-state index in [2.05, 4.69) is 27.4 Å². The second-order valence-corrected chi connectivity index (χ2v) is 7.22. The number of piperazine rings is 1. The molecular weight excluding hydrogens is 348 g/mol. The van der Waals surface area contributed by atoms with E-state index < -0.39 is 0 Å². The zero-order valence-electron chi connectivity index (χ0n) is 14.9. The van der Waals surface area contributed by atoms with Crippen molar-refractivity contribution < 1.29 is 9.59 Å². The molecule has 2 heterocycles. The predicted octanol–water partition coefficient (Wildman–Crippen LogP) is 2.58. The molecule has 0 bridgehead atoms. The molecule has 0 saturated carbocycles. The van der Waals surface area contributed by atoms with Gasteiger partial charge in [0.2, 0.25) is 5.91 Å². The van der Waals surface area contributed by atoms with Gasteiger partial charge >= 0.3 is 0 Å². The molecule has 0 radical (unpaired) electrons. The molecule has 2 N–H and O–H groups in total. The summed E-state index contributed by atoms with van der Waals surface area (Å²) in [6.45, 7) is 7.52. The summed E-state index contributed by atoms with van der Waals surface area (Å²) in [6.07, 6.45) is 0. The van der Waals surface area contributed by atoms with Crippen LogP contribution in [-0.4, -0.2) is 60.9 Å². The molecule has 1 aromatic heterocycles. The Morgan fingerprint density at radius 2 is 1.58 bits per heavy atom. The summed E-state index contributed by atoms with van der Waals surface area (Å²) in [7, 11) is 0. The van der Waals surface area contributed by atoms with Crippen molar-refractivity contribution in [2.75, 3.05) is 49.9 Å². The van der Waals surface area contributed by atoms with Crippen LogP contribution in [0.4, 0.5) is 11.4 Å². The standard InChI is InChI=1S/C19H24N4O2S/c1-2-22-9-11-23(12-10-22)14-18(24)20-15-5-7-16(8-6-15)21-19(25)17-4-3-13-26-17/h3-8,13H,2,9-12,14H2,1H3,(H,20,24)(H,21,25). The van der Waals surface area contributed by atoms with Crippen LogP contribution in [0.15, 0.2) is 41.8 Å². The number of carbonyl (C=O) groups excluding carboxylic acids is 2. The number of hydrogen-bond acceptors (Lipinski definition) is 5. The van der Waals surface area contributed by atoms with Gasteiger partial charge in [-0.3, -0.25) is 14.5 Å². The van der Waals surface area contributed by atoms with E-state index in [4.69, 9.17) is 0 Å². The lowest BCUT2D eigenvalue weighted by Gasteiger charge is -2.33. The zero-order chi connectivity index (χ0) is 18.4. The number of nitrogens with zero attached hydrogens (tertiary/aromatic N) is 2. The van der Waals surface area contributed by atoms with Crippen molar-refractivity contribution in [1.29, 1.82) is 0 Å². The number of benzene rings is 1. The van der Waals surface area contributed by atoms with Gasteiger partial charge in [0.05, 0.1) is 11.4 Å². The monoisotopic (exact) mass is 372 g/mol. The van der Waals surface area contributed by atoms with E-state index >= 15 is 0 Å². The van der Waals surface area contributed by atoms with E-state index in [1.807, 2.05) is 11.4 Å². The van der Waals surface area contributed by atoms with Gasteiger partial charge in [-0.15, -0.1) is 11.3 Å². The van der Waals surface area contributed by atoms with Crippen LogP contribution in [0.2, 0.25) is 0 Å². The molecule has 0 spiro atoms. The third kappa shape index (κ3) is 5.14. The highest BCUT2D eigenvalue weighted by Gasteiger charge is 2.17. The van der Waals surface area contributed by atoms with Gasteiger partial charge in [-0.05, 0) is 42.3 Å².